The summed E-state index contributed by atoms with van der Waals surface area (Å²) >= 11 is 11.8. The second-order valence-corrected chi connectivity index (χ2v) is 5.82. The summed E-state index contributed by atoms with van der Waals surface area (Å²) in [5.74, 6) is -0.638. The molecule has 0 fully saturated rings. The number of anilines is 1. The van der Waals surface area contributed by atoms with Crippen molar-refractivity contribution < 1.29 is 9.18 Å². The molecule has 0 aliphatic carbocycles. The van der Waals surface area contributed by atoms with Gasteiger partial charge in [0.25, 0.3) is 5.91 Å². The molecule has 1 amide bonds. The fourth-order valence-electron chi connectivity index (χ4n) is 2.09. The zero-order valence-electron chi connectivity index (χ0n) is 12.2. The Morgan fingerprint density at radius 3 is 2.79 bits per heavy atom. The third-order valence-corrected chi connectivity index (χ3v) is 3.72. The van der Waals surface area contributed by atoms with Crippen LogP contribution < -0.4 is 5.32 Å². The van der Waals surface area contributed by atoms with Crippen molar-refractivity contribution in [1.29, 1.82) is 0 Å². The molecule has 1 heterocycles. The Bertz CT molecular complexity index is 897. The van der Waals surface area contributed by atoms with Gasteiger partial charge in [-0.2, -0.15) is 0 Å². The predicted molar refractivity (Wildman–Crippen MR) is 89.9 cm³/mol. The molecule has 0 aliphatic heterocycles. The summed E-state index contributed by atoms with van der Waals surface area (Å²) < 4.78 is 14.7. The molecule has 2 aromatic carbocycles. The fourth-order valence-corrected chi connectivity index (χ4v) is 2.59. The van der Waals surface area contributed by atoms with Crippen molar-refractivity contribution in [3.8, 4) is 0 Å². The number of amides is 1. The molecular formula is C16H11Cl2FN4O. The van der Waals surface area contributed by atoms with E-state index in [4.69, 9.17) is 23.2 Å². The van der Waals surface area contributed by atoms with E-state index in [1.54, 1.807) is 18.2 Å². The number of nitrogens with zero attached hydrogens (tertiary/aromatic N) is 3. The van der Waals surface area contributed by atoms with Gasteiger partial charge in [0, 0.05) is 5.02 Å². The Morgan fingerprint density at radius 2 is 2.04 bits per heavy atom. The highest BCUT2D eigenvalue weighted by atomic mass is 35.5. The average molecular weight is 365 g/mol. The first-order valence-electron chi connectivity index (χ1n) is 6.91. The molecule has 0 bridgehead atoms. The van der Waals surface area contributed by atoms with E-state index in [1.165, 1.54) is 35.3 Å². The molecule has 3 rings (SSSR count). The van der Waals surface area contributed by atoms with E-state index >= 15 is 0 Å². The third kappa shape index (κ3) is 3.90. The molecule has 0 radical (unpaired) electrons. The number of nitrogens with one attached hydrogen (secondary N) is 1. The van der Waals surface area contributed by atoms with Gasteiger partial charge in [-0.05, 0) is 35.9 Å². The summed E-state index contributed by atoms with van der Waals surface area (Å²) in [6, 6.07) is 10.7. The summed E-state index contributed by atoms with van der Waals surface area (Å²) in [7, 11) is 0. The molecule has 0 saturated carbocycles. The number of carbonyl (C=O) groups is 1. The van der Waals surface area contributed by atoms with E-state index in [9.17, 15) is 9.18 Å². The second kappa shape index (κ2) is 6.98. The first kappa shape index (κ1) is 16.4. The largest absolute Gasteiger partial charge is 0.289 e. The third-order valence-electron chi connectivity index (χ3n) is 3.17. The maximum absolute atomic E-state index is 13.2. The zero-order chi connectivity index (χ0) is 17.1. The summed E-state index contributed by atoms with van der Waals surface area (Å²) in [6.07, 6.45) is 1.45. The van der Waals surface area contributed by atoms with Crippen molar-refractivity contribution in [1.82, 2.24) is 14.8 Å². The highest BCUT2D eigenvalue weighted by molar-refractivity contribution is 6.37. The van der Waals surface area contributed by atoms with Crippen LogP contribution in [-0.2, 0) is 6.54 Å². The van der Waals surface area contributed by atoms with Crippen molar-refractivity contribution in [3.63, 3.8) is 0 Å². The molecule has 0 atom stereocenters. The van der Waals surface area contributed by atoms with Crippen LogP contribution in [0, 0.1) is 5.82 Å². The number of carbonyl (C=O) groups excluding carboxylic acids is 1. The van der Waals surface area contributed by atoms with Gasteiger partial charge >= 0.3 is 0 Å². The molecule has 1 N–H and O–H groups in total. The molecule has 0 aliphatic rings. The molecule has 0 unspecified atom stereocenters. The van der Waals surface area contributed by atoms with Gasteiger partial charge in [0.05, 0.1) is 17.1 Å². The first-order valence-corrected chi connectivity index (χ1v) is 7.67. The van der Waals surface area contributed by atoms with Gasteiger partial charge < -0.3 is 0 Å². The molecule has 0 saturated heterocycles. The summed E-state index contributed by atoms with van der Waals surface area (Å²) in [6.45, 7) is 0.336. The van der Waals surface area contributed by atoms with Crippen molar-refractivity contribution in [3.05, 3.63) is 75.8 Å². The van der Waals surface area contributed by atoms with Crippen LogP contribution >= 0.6 is 23.2 Å². The smallest absolute Gasteiger partial charge is 0.259 e. The van der Waals surface area contributed by atoms with E-state index in [0.717, 1.165) is 5.56 Å². The van der Waals surface area contributed by atoms with Crippen molar-refractivity contribution in [2.75, 3.05) is 5.32 Å². The average Bonchev–Trinajstić information content (AvgIpc) is 2.94. The first-order chi connectivity index (χ1) is 11.5. The lowest BCUT2D eigenvalue weighted by atomic mass is 10.2. The Hall–Kier alpha value is -2.44. The lowest BCUT2D eigenvalue weighted by molar-refractivity contribution is 0.102. The molecule has 122 valence electrons. The maximum atomic E-state index is 13.2. The van der Waals surface area contributed by atoms with E-state index in [-0.39, 0.29) is 22.4 Å². The van der Waals surface area contributed by atoms with Gasteiger partial charge in [0.2, 0.25) is 5.95 Å². The van der Waals surface area contributed by atoms with Gasteiger partial charge in [-0.15, -0.1) is 5.10 Å². The molecule has 3 aromatic rings. The normalized spacial score (nSPS) is 10.6. The Kier molecular flexibility index (Phi) is 4.78. The minimum Gasteiger partial charge on any atom is -0.289 e. The van der Waals surface area contributed by atoms with Gasteiger partial charge in [-0.1, -0.05) is 35.3 Å². The molecular weight excluding hydrogens is 354 g/mol. The number of hydrogen-bond donors (Lipinski definition) is 1. The van der Waals surface area contributed by atoms with Crippen LogP contribution in [0.2, 0.25) is 10.0 Å². The summed E-state index contributed by atoms with van der Waals surface area (Å²) in [5, 5.41) is 7.36. The van der Waals surface area contributed by atoms with Gasteiger partial charge in [0.15, 0.2) is 0 Å². The molecule has 5 nitrogen and oxygen atoms in total. The maximum Gasteiger partial charge on any atom is 0.259 e. The molecule has 8 heteroatoms. The van der Waals surface area contributed by atoms with Crippen LogP contribution in [0.4, 0.5) is 10.3 Å². The molecule has 24 heavy (non-hydrogen) atoms. The van der Waals surface area contributed by atoms with Crippen LogP contribution in [0.15, 0.2) is 48.8 Å². The van der Waals surface area contributed by atoms with E-state index in [0.29, 0.717) is 11.6 Å². The molecule has 0 spiro atoms. The zero-order valence-corrected chi connectivity index (χ0v) is 13.7. The topological polar surface area (TPSA) is 59.8 Å². The van der Waals surface area contributed by atoms with Crippen molar-refractivity contribution >= 4 is 35.1 Å². The summed E-state index contributed by atoms with van der Waals surface area (Å²) in [4.78, 5) is 16.2. The van der Waals surface area contributed by atoms with Crippen LogP contribution in [0.5, 0.6) is 0 Å². The van der Waals surface area contributed by atoms with E-state index < -0.39 is 5.91 Å². The van der Waals surface area contributed by atoms with Crippen LogP contribution in [0.1, 0.15) is 15.9 Å². The molecule has 1 aromatic heterocycles. The van der Waals surface area contributed by atoms with Crippen LogP contribution in [0.3, 0.4) is 0 Å². The van der Waals surface area contributed by atoms with Crippen LogP contribution in [0.25, 0.3) is 0 Å². The number of benzene rings is 2. The monoisotopic (exact) mass is 364 g/mol. The van der Waals surface area contributed by atoms with Gasteiger partial charge in [0.1, 0.15) is 12.1 Å². The highest BCUT2D eigenvalue weighted by Crippen LogP contribution is 2.21. The van der Waals surface area contributed by atoms with Crippen molar-refractivity contribution in [2.45, 2.75) is 6.54 Å². The summed E-state index contributed by atoms with van der Waals surface area (Å²) in [5.41, 5.74) is 1.00. The van der Waals surface area contributed by atoms with Crippen molar-refractivity contribution in [2.24, 2.45) is 0 Å². The number of hydrogen-bond acceptors (Lipinski definition) is 3. The van der Waals surface area contributed by atoms with E-state index in [1.807, 2.05) is 0 Å². The predicted octanol–water partition coefficient (Wildman–Crippen LogP) is 4.02. The van der Waals surface area contributed by atoms with E-state index in [2.05, 4.69) is 15.4 Å². The van der Waals surface area contributed by atoms with Crippen LogP contribution in [-0.4, -0.2) is 20.7 Å². The quantitative estimate of drug-likeness (QED) is 0.760. The second-order valence-electron chi connectivity index (χ2n) is 4.97. The number of aromatic nitrogens is 3. The highest BCUT2D eigenvalue weighted by Gasteiger charge is 2.13. The lowest BCUT2D eigenvalue weighted by Crippen LogP contribution is -2.14. The fraction of sp³-hybridized carbons (Fsp3) is 0.0625. The minimum atomic E-state index is -0.444. The SMILES string of the molecule is O=C(Nc1ncn(Cc2cccc(F)c2)n1)c1ccc(Cl)cc1Cl. The Labute approximate surface area is 147 Å². The van der Waals surface area contributed by atoms with Gasteiger partial charge in [-0.3, -0.25) is 10.1 Å². The minimum absolute atomic E-state index is 0.127. The lowest BCUT2D eigenvalue weighted by Gasteiger charge is -2.04. The number of halogens is 3. The Balaban J connectivity index is 1.70. The van der Waals surface area contributed by atoms with Gasteiger partial charge in [-0.25, -0.2) is 14.1 Å². The Morgan fingerprint density at radius 1 is 1.21 bits per heavy atom. The standard InChI is InChI=1S/C16H11Cl2FN4O/c17-11-4-5-13(14(18)7-11)15(24)21-16-20-9-23(22-16)8-10-2-1-3-12(19)6-10/h1-7,9H,8H2,(H,21,22,24). The number of rotatable bonds is 4.